The number of nitrogens with one attached hydrogen (secondary N) is 1. The lowest BCUT2D eigenvalue weighted by atomic mass is 9.78. The summed E-state index contributed by atoms with van der Waals surface area (Å²) in [6, 6.07) is 7.88. The first kappa shape index (κ1) is 10.4. The first-order valence-corrected chi connectivity index (χ1v) is 5.94. The van der Waals surface area contributed by atoms with Gasteiger partial charge in [0.15, 0.2) is 0 Å². The molecule has 3 nitrogen and oxygen atoms in total. The van der Waals surface area contributed by atoms with Crippen molar-refractivity contribution in [1.29, 1.82) is 0 Å². The average Bonchev–Trinajstić information content (AvgIpc) is 3.08. The number of carbonyl (C=O) groups is 1. The summed E-state index contributed by atoms with van der Waals surface area (Å²) in [6.45, 7) is 1.85. The number of para-hydroxylation sites is 1. The van der Waals surface area contributed by atoms with Crippen molar-refractivity contribution in [2.24, 2.45) is 5.92 Å². The third-order valence-corrected chi connectivity index (χ3v) is 3.99. The minimum absolute atomic E-state index is 0.277. The second kappa shape index (κ2) is 3.36. The van der Waals surface area contributed by atoms with Crippen LogP contribution in [0.25, 0.3) is 10.9 Å². The van der Waals surface area contributed by atoms with Crippen molar-refractivity contribution >= 4 is 16.9 Å². The third-order valence-electron chi connectivity index (χ3n) is 3.99. The third kappa shape index (κ3) is 1.38. The molecule has 1 aromatic heterocycles. The highest BCUT2D eigenvalue weighted by atomic mass is 16.4. The minimum Gasteiger partial charge on any atom is -0.481 e. The molecule has 17 heavy (non-hydrogen) atoms. The number of carboxylic acid groups (broad SMARTS) is 1. The molecule has 1 heterocycles. The molecular formula is C14H15NO2. The van der Waals surface area contributed by atoms with Gasteiger partial charge in [-0.3, -0.25) is 4.79 Å². The highest BCUT2D eigenvalue weighted by Gasteiger charge is 2.49. The van der Waals surface area contributed by atoms with E-state index in [0.717, 1.165) is 29.3 Å². The summed E-state index contributed by atoms with van der Waals surface area (Å²) in [5.41, 5.74) is 1.18. The number of benzene rings is 1. The SMILES string of the molecule is CC(C(=O)O)(c1c[nH]c2ccccc12)C1CC1. The van der Waals surface area contributed by atoms with Gasteiger partial charge in [0.2, 0.25) is 0 Å². The van der Waals surface area contributed by atoms with Gasteiger partial charge in [0.1, 0.15) is 0 Å². The second-order valence-electron chi connectivity index (χ2n) is 5.03. The van der Waals surface area contributed by atoms with E-state index in [9.17, 15) is 9.90 Å². The predicted octanol–water partition coefficient (Wildman–Crippen LogP) is 2.92. The second-order valence-corrected chi connectivity index (χ2v) is 5.03. The van der Waals surface area contributed by atoms with Gasteiger partial charge < -0.3 is 10.1 Å². The molecule has 1 fully saturated rings. The zero-order valence-electron chi connectivity index (χ0n) is 9.73. The Morgan fingerprint density at radius 2 is 2.12 bits per heavy atom. The maximum atomic E-state index is 11.6. The van der Waals surface area contributed by atoms with Crippen molar-refractivity contribution in [1.82, 2.24) is 4.98 Å². The summed E-state index contributed by atoms with van der Waals surface area (Å²) in [5.74, 6) is -0.441. The Labute approximate surface area is 99.5 Å². The number of H-pyrrole nitrogens is 1. The number of fused-ring (bicyclic) bond motifs is 1. The van der Waals surface area contributed by atoms with Crippen molar-refractivity contribution < 1.29 is 9.90 Å². The Kier molecular flexibility index (Phi) is 2.05. The summed E-state index contributed by atoms with van der Waals surface area (Å²) in [4.78, 5) is 14.8. The van der Waals surface area contributed by atoms with Gasteiger partial charge in [-0.2, -0.15) is 0 Å². The molecule has 1 aliphatic rings. The van der Waals surface area contributed by atoms with Crippen LogP contribution in [-0.2, 0) is 10.2 Å². The van der Waals surface area contributed by atoms with Crippen LogP contribution in [0.2, 0.25) is 0 Å². The Morgan fingerprint density at radius 1 is 1.41 bits per heavy atom. The van der Waals surface area contributed by atoms with Crippen molar-refractivity contribution in [3.05, 3.63) is 36.0 Å². The smallest absolute Gasteiger partial charge is 0.314 e. The highest BCUT2D eigenvalue weighted by Crippen LogP contribution is 2.49. The van der Waals surface area contributed by atoms with Gasteiger partial charge in [-0.25, -0.2) is 0 Å². The van der Waals surface area contributed by atoms with E-state index in [4.69, 9.17) is 0 Å². The number of carboxylic acids is 1. The van der Waals surface area contributed by atoms with Crippen LogP contribution < -0.4 is 0 Å². The van der Waals surface area contributed by atoms with Crippen molar-refractivity contribution in [3.63, 3.8) is 0 Å². The van der Waals surface area contributed by atoms with Gasteiger partial charge in [-0.05, 0) is 37.3 Å². The summed E-state index contributed by atoms with van der Waals surface area (Å²) in [7, 11) is 0. The highest BCUT2D eigenvalue weighted by molar-refractivity contribution is 5.92. The fraction of sp³-hybridized carbons (Fsp3) is 0.357. The fourth-order valence-corrected chi connectivity index (χ4v) is 2.67. The van der Waals surface area contributed by atoms with E-state index in [1.54, 1.807) is 0 Å². The lowest BCUT2D eigenvalue weighted by Gasteiger charge is -2.24. The topological polar surface area (TPSA) is 53.1 Å². The molecule has 88 valence electrons. The lowest BCUT2D eigenvalue weighted by molar-refractivity contribution is -0.144. The molecule has 3 heteroatoms. The van der Waals surface area contributed by atoms with Crippen LogP contribution in [0.5, 0.6) is 0 Å². The number of aromatic nitrogens is 1. The van der Waals surface area contributed by atoms with E-state index in [2.05, 4.69) is 4.98 Å². The normalized spacial score (nSPS) is 19.1. The van der Waals surface area contributed by atoms with Crippen LogP contribution in [0.1, 0.15) is 25.3 Å². The van der Waals surface area contributed by atoms with Crippen LogP contribution in [0.15, 0.2) is 30.5 Å². The molecule has 0 aliphatic heterocycles. The van der Waals surface area contributed by atoms with Crippen molar-refractivity contribution in [2.75, 3.05) is 0 Å². The predicted molar refractivity (Wildman–Crippen MR) is 66.0 cm³/mol. The molecular weight excluding hydrogens is 214 g/mol. The van der Waals surface area contributed by atoms with Crippen molar-refractivity contribution in [3.8, 4) is 0 Å². The molecule has 0 radical (unpaired) electrons. The maximum absolute atomic E-state index is 11.6. The van der Waals surface area contributed by atoms with Gasteiger partial charge in [0.25, 0.3) is 0 Å². The van der Waals surface area contributed by atoms with E-state index < -0.39 is 11.4 Å². The molecule has 0 saturated heterocycles. The molecule has 1 aromatic carbocycles. The van der Waals surface area contributed by atoms with Crippen LogP contribution in [-0.4, -0.2) is 16.1 Å². The summed E-state index contributed by atoms with van der Waals surface area (Å²) in [6.07, 6.45) is 3.89. The van der Waals surface area contributed by atoms with Crippen LogP contribution in [0, 0.1) is 5.92 Å². The number of hydrogen-bond acceptors (Lipinski definition) is 1. The van der Waals surface area contributed by atoms with Crippen LogP contribution in [0.3, 0.4) is 0 Å². The van der Waals surface area contributed by atoms with E-state index in [0.29, 0.717) is 0 Å². The molecule has 1 saturated carbocycles. The zero-order valence-corrected chi connectivity index (χ0v) is 9.73. The molecule has 0 spiro atoms. The molecule has 1 aliphatic carbocycles. The Hall–Kier alpha value is -1.77. The minimum atomic E-state index is -0.750. The molecule has 2 N–H and O–H groups in total. The summed E-state index contributed by atoms with van der Waals surface area (Å²) >= 11 is 0. The summed E-state index contributed by atoms with van der Waals surface area (Å²) in [5, 5.41) is 10.6. The number of aliphatic carboxylic acids is 1. The van der Waals surface area contributed by atoms with Crippen LogP contribution >= 0.6 is 0 Å². The number of aromatic amines is 1. The van der Waals surface area contributed by atoms with Gasteiger partial charge in [0, 0.05) is 17.1 Å². The number of hydrogen-bond donors (Lipinski definition) is 2. The largest absolute Gasteiger partial charge is 0.481 e. The fourth-order valence-electron chi connectivity index (χ4n) is 2.67. The Bertz CT molecular complexity index is 583. The molecule has 1 unspecified atom stereocenters. The quantitative estimate of drug-likeness (QED) is 0.850. The van der Waals surface area contributed by atoms with Gasteiger partial charge >= 0.3 is 5.97 Å². The van der Waals surface area contributed by atoms with E-state index in [1.165, 1.54) is 0 Å². The molecule has 2 aromatic rings. The van der Waals surface area contributed by atoms with Gasteiger partial charge in [-0.15, -0.1) is 0 Å². The summed E-state index contributed by atoms with van der Waals surface area (Å²) < 4.78 is 0. The Balaban J connectivity index is 2.22. The molecule has 1 atom stereocenters. The first-order valence-electron chi connectivity index (χ1n) is 5.94. The van der Waals surface area contributed by atoms with Crippen molar-refractivity contribution in [2.45, 2.75) is 25.2 Å². The van der Waals surface area contributed by atoms with E-state index in [1.807, 2.05) is 37.4 Å². The molecule has 3 rings (SSSR count). The Morgan fingerprint density at radius 3 is 2.76 bits per heavy atom. The average molecular weight is 229 g/mol. The van der Waals surface area contributed by atoms with Gasteiger partial charge in [-0.1, -0.05) is 18.2 Å². The molecule has 0 bridgehead atoms. The molecule has 0 amide bonds. The number of rotatable bonds is 3. The van der Waals surface area contributed by atoms with E-state index in [-0.39, 0.29) is 5.92 Å². The van der Waals surface area contributed by atoms with Gasteiger partial charge in [0.05, 0.1) is 5.41 Å². The van der Waals surface area contributed by atoms with E-state index >= 15 is 0 Å². The standard InChI is InChI=1S/C14H15NO2/c1-14(13(16)17,9-6-7-9)11-8-15-12-5-3-2-4-10(11)12/h2-5,8-9,15H,6-7H2,1H3,(H,16,17). The maximum Gasteiger partial charge on any atom is 0.314 e. The van der Waals surface area contributed by atoms with Crippen LogP contribution in [0.4, 0.5) is 0 Å². The first-order chi connectivity index (χ1) is 8.14. The zero-order chi connectivity index (χ0) is 12.0. The monoisotopic (exact) mass is 229 g/mol. The lowest BCUT2D eigenvalue weighted by Crippen LogP contribution is -2.34.